The van der Waals surface area contributed by atoms with E-state index in [9.17, 15) is 0 Å². The molecule has 20 heavy (non-hydrogen) atoms. The molecule has 0 spiro atoms. The molecule has 0 aliphatic carbocycles. The summed E-state index contributed by atoms with van der Waals surface area (Å²) in [5.74, 6) is 1.00. The fraction of sp³-hybridized carbons (Fsp3) is 0.846. The maximum Gasteiger partial charge on any atom is 0.225 e. The molecule has 1 aliphatic rings. The predicted molar refractivity (Wildman–Crippen MR) is 84.9 cm³/mol. The van der Waals surface area contributed by atoms with E-state index in [0.29, 0.717) is 0 Å². The molecule has 0 saturated carbocycles. The number of piperazine rings is 1. The highest BCUT2D eigenvalue weighted by atomic mass is 32.1. The predicted octanol–water partition coefficient (Wildman–Crippen LogP) is 1.03. The van der Waals surface area contributed by atoms with Crippen molar-refractivity contribution < 1.29 is 0 Å². The number of anilines is 1. The lowest BCUT2D eigenvalue weighted by atomic mass is 10.3. The summed E-state index contributed by atoms with van der Waals surface area (Å²) in [7, 11) is 4.25. The zero-order valence-electron chi connectivity index (χ0n) is 12.8. The van der Waals surface area contributed by atoms with Crippen LogP contribution in [0.4, 0.5) is 5.95 Å². The summed E-state index contributed by atoms with van der Waals surface area (Å²) in [6.07, 6.45) is 1.07. The van der Waals surface area contributed by atoms with Crippen molar-refractivity contribution in [1.29, 1.82) is 0 Å². The molecule has 1 N–H and O–H groups in total. The van der Waals surface area contributed by atoms with E-state index >= 15 is 0 Å². The zero-order valence-corrected chi connectivity index (χ0v) is 13.6. The van der Waals surface area contributed by atoms with Gasteiger partial charge in [-0.25, -0.2) is 5.10 Å². The third-order valence-corrected chi connectivity index (χ3v) is 4.02. The lowest BCUT2D eigenvalue weighted by molar-refractivity contribution is 0.228. The Bertz CT molecular complexity index is 458. The smallest absolute Gasteiger partial charge is 0.225 e. The molecule has 0 atom stereocenters. The Morgan fingerprint density at radius 3 is 2.50 bits per heavy atom. The summed E-state index contributed by atoms with van der Waals surface area (Å²) in [5, 5.41) is 7.33. The second-order valence-corrected chi connectivity index (χ2v) is 6.00. The number of nitrogens with zero attached hydrogens (tertiary/aromatic N) is 5. The summed E-state index contributed by atoms with van der Waals surface area (Å²) in [6, 6.07) is 0. The van der Waals surface area contributed by atoms with Gasteiger partial charge in [0.1, 0.15) is 0 Å². The number of aromatic amines is 1. The second-order valence-electron chi connectivity index (χ2n) is 5.61. The molecule has 0 radical (unpaired) electrons. The van der Waals surface area contributed by atoms with Gasteiger partial charge in [-0.3, -0.25) is 9.47 Å². The van der Waals surface area contributed by atoms with Crippen LogP contribution >= 0.6 is 12.2 Å². The zero-order chi connectivity index (χ0) is 14.5. The molecule has 7 heteroatoms. The Balaban J connectivity index is 1.92. The van der Waals surface area contributed by atoms with Crippen LogP contribution < -0.4 is 4.90 Å². The van der Waals surface area contributed by atoms with Crippen LogP contribution in [0.3, 0.4) is 0 Å². The van der Waals surface area contributed by atoms with E-state index < -0.39 is 0 Å². The van der Waals surface area contributed by atoms with Gasteiger partial charge in [-0.2, -0.15) is 0 Å². The average molecular weight is 298 g/mol. The first-order valence-corrected chi connectivity index (χ1v) is 7.80. The van der Waals surface area contributed by atoms with Crippen LogP contribution in [0.5, 0.6) is 0 Å². The van der Waals surface area contributed by atoms with Crippen LogP contribution in [0.15, 0.2) is 0 Å². The number of likely N-dealkylation sites (N-methyl/N-ethyl adjacent to an activating group) is 1. The summed E-state index contributed by atoms with van der Waals surface area (Å²) in [4.78, 5) is 7.09. The fourth-order valence-corrected chi connectivity index (χ4v) is 2.71. The van der Waals surface area contributed by atoms with Crippen molar-refractivity contribution in [2.24, 2.45) is 0 Å². The standard InChI is InChI=1S/C13H26N6S/c1-4-5-19-12(14-15-13(19)20)18-10-8-17(9-11-18)7-6-16(2)3/h4-11H2,1-3H3,(H,15,20). The van der Waals surface area contributed by atoms with Crippen molar-refractivity contribution >= 4 is 18.2 Å². The molecule has 1 saturated heterocycles. The molecule has 1 aromatic rings. The SMILES string of the molecule is CCCn1c(N2CCN(CCN(C)C)CC2)n[nH]c1=S. The van der Waals surface area contributed by atoms with E-state index in [1.807, 2.05) is 0 Å². The van der Waals surface area contributed by atoms with Crippen LogP contribution in [0.1, 0.15) is 13.3 Å². The highest BCUT2D eigenvalue weighted by Gasteiger charge is 2.20. The molecule has 0 unspecified atom stereocenters. The third-order valence-electron chi connectivity index (χ3n) is 3.70. The lowest BCUT2D eigenvalue weighted by Crippen LogP contribution is -2.48. The molecule has 2 heterocycles. The minimum atomic E-state index is 0.733. The monoisotopic (exact) mass is 298 g/mol. The number of hydrogen-bond acceptors (Lipinski definition) is 5. The van der Waals surface area contributed by atoms with E-state index in [1.54, 1.807) is 0 Å². The molecule has 1 fully saturated rings. The Morgan fingerprint density at radius 2 is 1.90 bits per heavy atom. The molecule has 114 valence electrons. The molecular formula is C13H26N6S. The lowest BCUT2D eigenvalue weighted by Gasteiger charge is -2.35. The average Bonchev–Trinajstić information content (AvgIpc) is 2.79. The van der Waals surface area contributed by atoms with Crippen molar-refractivity contribution in [1.82, 2.24) is 24.6 Å². The number of nitrogens with one attached hydrogen (secondary N) is 1. The van der Waals surface area contributed by atoms with Gasteiger partial charge >= 0.3 is 0 Å². The van der Waals surface area contributed by atoms with E-state index in [4.69, 9.17) is 12.2 Å². The summed E-state index contributed by atoms with van der Waals surface area (Å²) < 4.78 is 2.85. The van der Waals surface area contributed by atoms with Crippen LogP contribution in [0, 0.1) is 4.77 Å². The Hall–Kier alpha value is -0.920. The molecule has 1 aromatic heterocycles. The molecular weight excluding hydrogens is 272 g/mol. The highest BCUT2D eigenvalue weighted by Crippen LogP contribution is 2.14. The van der Waals surface area contributed by atoms with Gasteiger partial charge in [0.05, 0.1) is 0 Å². The molecule has 2 rings (SSSR count). The van der Waals surface area contributed by atoms with E-state index in [1.165, 1.54) is 0 Å². The van der Waals surface area contributed by atoms with Crippen molar-refractivity contribution in [3.05, 3.63) is 4.77 Å². The van der Waals surface area contributed by atoms with Crippen LogP contribution in [-0.4, -0.2) is 77.9 Å². The Morgan fingerprint density at radius 1 is 1.20 bits per heavy atom. The van der Waals surface area contributed by atoms with Gasteiger partial charge in [0.15, 0.2) is 4.77 Å². The fourth-order valence-electron chi connectivity index (χ4n) is 2.49. The van der Waals surface area contributed by atoms with Crippen molar-refractivity contribution in [2.45, 2.75) is 19.9 Å². The van der Waals surface area contributed by atoms with E-state index in [0.717, 1.165) is 63.0 Å². The maximum atomic E-state index is 5.30. The third kappa shape index (κ3) is 3.80. The normalized spacial score (nSPS) is 17.1. The van der Waals surface area contributed by atoms with Crippen LogP contribution in [0.25, 0.3) is 0 Å². The van der Waals surface area contributed by atoms with Gasteiger partial charge in [0.2, 0.25) is 5.95 Å². The van der Waals surface area contributed by atoms with Gasteiger partial charge in [-0.1, -0.05) is 6.92 Å². The molecule has 0 bridgehead atoms. The van der Waals surface area contributed by atoms with Crippen molar-refractivity contribution in [3.8, 4) is 0 Å². The number of hydrogen-bond donors (Lipinski definition) is 1. The van der Waals surface area contributed by atoms with Crippen molar-refractivity contribution in [3.63, 3.8) is 0 Å². The first-order chi connectivity index (χ1) is 9.61. The number of H-pyrrole nitrogens is 1. The molecule has 1 aliphatic heterocycles. The molecule has 6 nitrogen and oxygen atoms in total. The first kappa shape index (κ1) is 15.5. The Labute approximate surface area is 126 Å². The minimum absolute atomic E-state index is 0.733. The summed E-state index contributed by atoms with van der Waals surface area (Å²) in [5.41, 5.74) is 0. The van der Waals surface area contributed by atoms with Gasteiger partial charge in [0.25, 0.3) is 0 Å². The largest absolute Gasteiger partial charge is 0.338 e. The summed E-state index contributed by atoms with van der Waals surface area (Å²) >= 11 is 5.30. The van der Waals surface area contributed by atoms with Crippen LogP contribution in [-0.2, 0) is 6.54 Å². The molecule has 0 amide bonds. The number of aromatic nitrogens is 3. The topological polar surface area (TPSA) is 43.3 Å². The van der Waals surface area contributed by atoms with Crippen LogP contribution in [0.2, 0.25) is 0 Å². The maximum absolute atomic E-state index is 5.30. The highest BCUT2D eigenvalue weighted by molar-refractivity contribution is 7.71. The van der Waals surface area contributed by atoms with Gasteiger partial charge < -0.3 is 9.80 Å². The van der Waals surface area contributed by atoms with E-state index in [2.05, 4.69) is 50.5 Å². The quantitative estimate of drug-likeness (QED) is 0.795. The van der Waals surface area contributed by atoms with Gasteiger partial charge in [-0.05, 0) is 32.7 Å². The van der Waals surface area contributed by atoms with Crippen molar-refractivity contribution in [2.75, 3.05) is 58.3 Å². The van der Waals surface area contributed by atoms with E-state index in [-0.39, 0.29) is 0 Å². The molecule has 0 aromatic carbocycles. The van der Waals surface area contributed by atoms with Gasteiger partial charge in [0, 0.05) is 45.8 Å². The second kappa shape index (κ2) is 7.19. The number of rotatable bonds is 6. The first-order valence-electron chi connectivity index (χ1n) is 7.39. The summed E-state index contributed by atoms with van der Waals surface area (Å²) in [6.45, 7) is 9.60. The Kier molecular flexibility index (Phi) is 5.56. The van der Waals surface area contributed by atoms with Gasteiger partial charge in [-0.15, -0.1) is 5.10 Å². The minimum Gasteiger partial charge on any atom is -0.338 e.